The van der Waals surface area contributed by atoms with E-state index in [-0.39, 0.29) is 29.5 Å². The number of pyridine rings is 1. The van der Waals surface area contributed by atoms with E-state index in [4.69, 9.17) is 16.3 Å². The standard InChI is InChI=1S/C29H36ClF3N4O4/c1-35(2)26(38)23-11-12-24(34-25(23)30)37-16-13-19(14-17-37)6-5-15-36(3)27(39)28(40,29(31,32)33)20-7-4-8-22(18-20)41-21-9-10-21/h4,7-8,11-12,18-19,21,40H,5-6,9-10,13-17H2,1-3H3/t28-/m0/s1. The monoisotopic (exact) mass is 596 g/mol. The van der Waals surface area contributed by atoms with Gasteiger partial charge in [0.15, 0.2) is 0 Å². The van der Waals surface area contributed by atoms with Crippen molar-refractivity contribution in [2.75, 3.05) is 45.7 Å². The number of piperidine rings is 1. The predicted octanol–water partition coefficient (Wildman–Crippen LogP) is 4.88. The molecule has 4 rings (SSSR count). The number of hydrogen-bond acceptors (Lipinski definition) is 6. The zero-order valence-corrected chi connectivity index (χ0v) is 24.2. The molecule has 2 aromatic rings. The van der Waals surface area contributed by atoms with Crippen molar-refractivity contribution in [3.8, 4) is 5.75 Å². The van der Waals surface area contributed by atoms with Gasteiger partial charge in [-0.05, 0) is 68.7 Å². The zero-order chi connectivity index (χ0) is 29.9. The van der Waals surface area contributed by atoms with Gasteiger partial charge in [-0.2, -0.15) is 13.2 Å². The average Bonchev–Trinajstić information content (AvgIpc) is 3.75. The van der Waals surface area contributed by atoms with Gasteiger partial charge in [-0.25, -0.2) is 4.98 Å². The molecule has 224 valence electrons. The van der Waals surface area contributed by atoms with Crippen LogP contribution >= 0.6 is 11.6 Å². The van der Waals surface area contributed by atoms with E-state index in [0.717, 1.165) is 62.2 Å². The summed E-state index contributed by atoms with van der Waals surface area (Å²) in [6.45, 7) is 1.52. The molecule has 1 saturated heterocycles. The number of benzene rings is 1. The number of likely N-dealkylation sites (N-methyl/N-ethyl adjacent to an activating group) is 1. The van der Waals surface area contributed by atoms with Crippen molar-refractivity contribution >= 4 is 29.2 Å². The van der Waals surface area contributed by atoms with E-state index in [1.807, 2.05) is 0 Å². The number of nitrogens with zero attached hydrogens (tertiary/aromatic N) is 4. The maximum Gasteiger partial charge on any atom is 0.430 e. The fourth-order valence-corrected chi connectivity index (χ4v) is 5.26. The van der Waals surface area contributed by atoms with Crippen LogP contribution in [-0.4, -0.2) is 84.8 Å². The summed E-state index contributed by atoms with van der Waals surface area (Å²) in [7, 11) is 4.57. The lowest BCUT2D eigenvalue weighted by Crippen LogP contribution is -2.55. The summed E-state index contributed by atoms with van der Waals surface area (Å²) < 4.78 is 48.0. The summed E-state index contributed by atoms with van der Waals surface area (Å²) in [6.07, 6.45) is -0.688. The van der Waals surface area contributed by atoms with Crippen LogP contribution in [0.1, 0.15) is 54.4 Å². The molecule has 1 aliphatic heterocycles. The van der Waals surface area contributed by atoms with E-state index in [1.165, 1.54) is 24.1 Å². The normalized spacial score (nSPS) is 17.6. The molecule has 0 radical (unpaired) electrons. The SMILES string of the molecule is CN(C)C(=O)c1ccc(N2CCC(CCCN(C)C(=O)[C@@](O)(c3cccc(OC4CC4)c3)C(F)(F)F)CC2)nc1Cl. The maximum absolute atomic E-state index is 14.1. The van der Waals surface area contributed by atoms with Crippen molar-refractivity contribution in [3.05, 3.63) is 52.7 Å². The minimum atomic E-state index is -5.21. The third-order valence-corrected chi connectivity index (χ3v) is 7.95. The Kier molecular flexibility index (Phi) is 9.38. The summed E-state index contributed by atoms with van der Waals surface area (Å²) in [5, 5.41) is 10.9. The highest BCUT2D eigenvalue weighted by molar-refractivity contribution is 6.32. The van der Waals surface area contributed by atoms with Crippen LogP contribution in [0, 0.1) is 5.92 Å². The van der Waals surface area contributed by atoms with E-state index in [0.29, 0.717) is 23.7 Å². The number of ether oxygens (including phenoxy) is 1. The van der Waals surface area contributed by atoms with Gasteiger partial charge in [0.05, 0.1) is 11.7 Å². The summed E-state index contributed by atoms with van der Waals surface area (Å²) in [5.74, 6) is -0.418. The van der Waals surface area contributed by atoms with E-state index in [2.05, 4.69) is 9.88 Å². The zero-order valence-electron chi connectivity index (χ0n) is 23.5. The Labute approximate surface area is 243 Å². The van der Waals surface area contributed by atoms with Gasteiger partial charge in [-0.15, -0.1) is 0 Å². The molecule has 1 aromatic heterocycles. The molecule has 12 heteroatoms. The number of halogens is 4. The van der Waals surface area contributed by atoms with Crippen LogP contribution in [0.15, 0.2) is 36.4 Å². The molecule has 0 bridgehead atoms. The first-order valence-corrected chi connectivity index (χ1v) is 14.1. The number of anilines is 1. The third-order valence-electron chi connectivity index (χ3n) is 7.66. The minimum Gasteiger partial charge on any atom is -0.490 e. The molecule has 1 saturated carbocycles. The molecule has 0 spiro atoms. The molecule has 1 aromatic carbocycles. The Morgan fingerprint density at radius 1 is 1.10 bits per heavy atom. The highest BCUT2D eigenvalue weighted by atomic mass is 35.5. The van der Waals surface area contributed by atoms with Crippen LogP contribution in [0.5, 0.6) is 5.75 Å². The summed E-state index contributed by atoms with van der Waals surface area (Å²) in [6, 6.07) is 8.52. The second kappa shape index (κ2) is 12.4. The summed E-state index contributed by atoms with van der Waals surface area (Å²) in [5.41, 5.74) is -3.89. The molecular formula is C29H36ClF3N4O4. The van der Waals surface area contributed by atoms with Crippen LogP contribution in [-0.2, 0) is 10.4 Å². The van der Waals surface area contributed by atoms with Crippen molar-refractivity contribution in [1.29, 1.82) is 0 Å². The minimum absolute atomic E-state index is 0.0390. The van der Waals surface area contributed by atoms with Crippen LogP contribution in [0.2, 0.25) is 5.15 Å². The lowest BCUT2D eigenvalue weighted by Gasteiger charge is -2.34. The van der Waals surface area contributed by atoms with Gasteiger partial charge in [0.1, 0.15) is 16.7 Å². The van der Waals surface area contributed by atoms with Crippen LogP contribution < -0.4 is 9.64 Å². The van der Waals surface area contributed by atoms with Crippen molar-refractivity contribution in [2.24, 2.45) is 5.92 Å². The number of rotatable bonds is 10. The first kappa shape index (κ1) is 30.9. The van der Waals surface area contributed by atoms with Gasteiger partial charge >= 0.3 is 6.18 Å². The lowest BCUT2D eigenvalue weighted by atomic mass is 9.90. The van der Waals surface area contributed by atoms with Crippen LogP contribution in [0.25, 0.3) is 0 Å². The van der Waals surface area contributed by atoms with Gasteiger partial charge < -0.3 is 24.5 Å². The highest BCUT2D eigenvalue weighted by Crippen LogP contribution is 2.42. The van der Waals surface area contributed by atoms with E-state index in [1.54, 1.807) is 26.2 Å². The Bertz CT molecular complexity index is 1250. The molecule has 2 fully saturated rings. The number of alkyl halides is 3. The Morgan fingerprint density at radius 3 is 2.37 bits per heavy atom. The second-order valence-electron chi connectivity index (χ2n) is 11.1. The Balaban J connectivity index is 1.30. The first-order chi connectivity index (χ1) is 19.3. The molecule has 1 N–H and O–H groups in total. The van der Waals surface area contributed by atoms with Gasteiger partial charge in [0.25, 0.3) is 17.4 Å². The summed E-state index contributed by atoms with van der Waals surface area (Å²) in [4.78, 5) is 34.1. The summed E-state index contributed by atoms with van der Waals surface area (Å²) >= 11 is 6.26. The van der Waals surface area contributed by atoms with Gasteiger partial charge in [-0.1, -0.05) is 23.7 Å². The van der Waals surface area contributed by atoms with E-state index < -0.39 is 23.2 Å². The molecule has 2 amide bonds. The van der Waals surface area contributed by atoms with E-state index in [9.17, 15) is 27.9 Å². The van der Waals surface area contributed by atoms with Crippen LogP contribution in [0.4, 0.5) is 19.0 Å². The molecule has 2 aliphatic rings. The number of aromatic nitrogens is 1. The number of amides is 2. The van der Waals surface area contributed by atoms with Crippen LogP contribution in [0.3, 0.4) is 0 Å². The molecule has 2 heterocycles. The molecule has 41 heavy (non-hydrogen) atoms. The molecule has 1 aliphatic carbocycles. The molecule has 8 nitrogen and oxygen atoms in total. The molecule has 0 unspecified atom stereocenters. The van der Waals surface area contributed by atoms with Gasteiger partial charge in [-0.3, -0.25) is 9.59 Å². The first-order valence-electron chi connectivity index (χ1n) is 13.8. The van der Waals surface area contributed by atoms with Crippen molar-refractivity contribution in [2.45, 2.75) is 56.4 Å². The number of carbonyl (C=O) groups excluding carboxylic acids is 2. The van der Waals surface area contributed by atoms with Crippen molar-refractivity contribution in [3.63, 3.8) is 0 Å². The predicted molar refractivity (Wildman–Crippen MR) is 149 cm³/mol. The quantitative estimate of drug-likeness (QED) is 0.394. The largest absolute Gasteiger partial charge is 0.490 e. The second-order valence-corrected chi connectivity index (χ2v) is 11.4. The highest BCUT2D eigenvalue weighted by Gasteiger charge is 2.61. The number of hydrogen-bond donors (Lipinski definition) is 1. The van der Waals surface area contributed by atoms with Crippen molar-refractivity contribution < 1.29 is 32.6 Å². The lowest BCUT2D eigenvalue weighted by molar-refractivity contribution is -0.261. The molecular weight excluding hydrogens is 561 g/mol. The van der Waals surface area contributed by atoms with Crippen molar-refractivity contribution in [1.82, 2.24) is 14.8 Å². The topological polar surface area (TPSA) is 86.2 Å². The smallest absolute Gasteiger partial charge is 0.430 e. The number of carbonyl (C=O) groups is 2. The fourth-order valence-electron chi connectivity index (χ4n) is 5.03. The fraction of sp³-hybridized carbons (Fsp3) is 0.552. The third kappa shape index (κ3) is 7.06. The molecule has 1 atom stereocenters. The van der Waals surface area contributed by atoms with E-state index >= 15 is 0 Å². The van der Waals surface area contributed by atoms with Gasteiger partial charge in [0, 0.05) is 46.3 Å². The van der Waals surface area contributed by atoms with Gasteiger partial charge in [0.2, 0.25) is 0 Å². The maximum atomic E-state index is 14.1. The Morgan fingerprint density at radius 2 is 1.78 bits per heavy atom. The number of aliphatic hydroxyl groups is 1. The Hall–Kier alpha value is -3.05. The average molecular weight is 597 g/mol.